The van der Waals surface area contributed by atoms with Crippen molar-refractivity contribution in [2.45, 2.75) is 37.3 Å². The van der Waals surface area contributed by atoms with Crippen LogP contribution in [0, 0.1) is 0 Å². The average molecular weight is 743 g/mol. The van der Waals surface area contributed by atoms with E-state index in [4.69, 9.17) is 18.9 Å². The molecule has 1 heterocycles. The first-order valence-electron chi connectivity index (χ1n) is 15.3. The number of hydrogen-bond donors (Lipinski definition) is 7. The Bertz CT molecular complexity index is 2030. The molecule has 0 radical (unpaired) electrons. The standard InChI is InChI=1S/C36H31O16.Mg/c37-16-49-30(14-18-2-7-22(39)26(43)12-18)51-29(45)10-5-19-3-9-24(41)34-31(19)32(33(52-34)20-4-8-23(40)27(44)15-20)36(48)50-28(35(46)47)13-17-1-6-21(38)25(42)11-17;/h1-12,15,28,30,32-33,38-44H,13-14,16H2,(H,46,47);/q-1;+2/p-1/b10-5+;/t28-,30-,32+,33-;/m1./s1. The van der Waals surface area contributed by atoms with Gasteiger partial charge in [0.1, 0.15) is 18.1 Å². The van der Waals surface area contributed by atoms with Crippen molar-refractivity contribution in [3.8, 4) is 46.0 Å². The fraction of sp³-hybridized carbons (Fsp3) is 0.194. The molecule has 16 nitrogen and oxygen atoms in total. The van der Waals surface area contributed by atoms with Gasteiger partial charge in [-0.25, -0.2) is 4.79 Å². The van der Waals surface area contributed by atoms with Gasteiger partial charge >= 0.3 is 35.0 Å². The van der Waals surface area contributed by atoms with Crippen molar-refractivity contribution in [1.82, 2.24) is 0 Å². The summed E-state index contributed by atoms with van der Waals surface area (Å²) in [5, 5.41) is 92.9. The van der Waals surface area contributed by atoms with Crippen LogP contribution in [-0.2, 0) is 41.4 Å². The first kappa shape index (κ1) is 39.9. The van der Waals surface area contributed by atoms with E-state index in [1.807, 2.05) is 0 Å². The van der Waals surface area contributed by atoms with Crippen LogP contribution in [0.5, 0.6) is 46.0 Å². The number of rotatable bonds is 13. The molecule has 0 spiro atoms. The minimum atomic E-state index is -1.94. The van der Waals surface area contributed by atoms with Crippen LogP contribution in [-0.4, -0.2) is 95.9 Å². The largest absolute Gasteiger partial charge is 2.00 e. The van der Waals surface area contributed by atoms with E-state index >= 15 is 0 Å². The zero-order chi connectivity index (χ0) is 37.7. The molecule has 17 heteroatoms. The Labute approximate surface area is 316 Å². The van der Waals surface area contributed by atoms with Gasteiger partial charge in [0.05, 0.1) is 5.97 Å². The average Bonchev–Trinajstić information content (AvgIpc) is 3.51. The number of hydrogen-bond acceptors (Lipinski definition) is 16. The van der Waals surface area contributed by atoms with Crippen LogP contribution in [0.25, 0.3) is 6.08 Å². The molecule has 0 unspecified atom stereocenters. The van der Waals surface area contributed by atoms with Gasteiger partial charge in [-0.3, -0.25) is 4.79 Å². The smallest absolute Gasteiger partial charge is 0.834 e. The van der Waals surface area contributed by atoms with Gasteiger partial charge in [0.2, 0.25) is 6.29 Å². The molecule has 53 heavy (non-hydrogen) atoms. The van der Waals surface area contributed by atoms with Crippen LogP contribution in [0.2, 0.25) is 0 Å². The van der Waals surface area contributed by atoms with Gasteiger partial charge < -0.3 is 69.7 Å². The van der Waals surface area contributed by atoms with Gasteiger partial charge in [-0.15, -0.1) is 0 Å². The van der Waals surface area contributed by atoms with Gasteiger partial charge in [0.25, 0.3) is 0 Å². The second kappa shape index (κ2) is 17.1. The Morgan fingerprint density at radius 1 is 0.736 bits per heavy atom. The second-order valence-electron chi connectivity index (χ2n) is 11.5. The van der Waals surface area contributed by atoms with E-state index in [1.54, 1.807) is 0 Å². The van der Waals surface area contributed by atoms with Crippen molar-refractivity contribution in [2.24, 2.45) is 0 Å². The molecule has 0 aliphatic carbocycles. The molecule has 0 amide bonds. The monoisotopic (exact) mass is 742 g/mol. The van der Waals surface area contributed by atoms with Crippen LogP contribution < -0.4 is 14.9 Å². The number of carboxylic acids is 1. The number of phenols is 7. The first-order chi connectivity index (χ1) is 24.7. The topological polar surface area (TPSA) is 276 Å². The quantitative estimate of drug-likeness (QED) is 0.0328. The van der Waals surface area contributed by atoms with Crippen LogP contribution in [0.1, 0.15) is 39.8 Å². The van der Waals surface area contributed by atoms with Gasteiger partial charge in [-0.05, 0) is 77.6 Å². The van der Waals surface area contributed by atoms with Crippen LogP contribution in [0.3, 0.4) is 0 Å². The minimum Gasteiger partial charge on any atom is -0.834 e. The van der Waals surface area contributed by atoms with E-state index in [-0.39, 0.29) is 57.5 Å². The molecule has 272 valence electrons. The Kier molecular flexibility index (Phi) is 12.9. The van der Waals surface area contributed by atoms with Crippen LogP contribution >= 0.6 is 0 Å². The summed E-state index contributed by atoms with van der Waals surface area (Å²) in [5.41, 5.74) is 0.604. The third-order valence-electron chi connectivity index (χ3n) is 7.97. The maximum absolute atomic E-state index is 13.9. The van der Waals surface area contributed by atoms with Crippen molar-refractivity contribution in [3.05, 3.63) is 101 Å². The molecule has 0 saturated carbocycles. The minimum absolute atomic E-state index is 0. The summed E-state index contributed by atoms with van der Waals surface area (Å²) in [5.74, 6) is -9.31. The van der Waals surface area contributed by atoms with E-state index in [0.717, 1.165) is 30.3 Å². The number of phenolic OH excluding ortho intramolecular Hbond substituents is 7. The molecule has 0 bridgehead atoms. The molecule has 1 aliphatic rings. The van der Waals surface area contributed by atoms with Gasteiger partial charge in [0, 0.05) is 24.5 Å². The summed E-state index contributed by atoms with van der Waals surface area (Å²) in [4.78, 5) is 38.9. The van der Waals surface area contributed by atoms with Gasteiger partial charge in [-0.1, -0.05) is 24.3 Å². The van der Waals surface area contributed by atoms with Gasteiger partial charge in [0.15, 0.2) is 46.0 Å². The molecule has 1 aliphatic heterocycles. The van der Waals surface area contributed by atoms with Crippen molar-refractivity contribution in [3.63, 3.8) is 0 Å². The molecule has 5 rings (SSSR count). The Morgan fingerprint density at radius 3 is 1.87 bits per heavy atom. The van der Waals surface area contributed by atoms with E-state index < -0.39 is 95.8 Å². The Hall–Kier alpha value is -5.88. The van der Waals surface area contributed by atoms with E-state index in [9.17, 15) is 60.3 Å². The molecule has 7 N–H and O–H groups in total. The second-order valence-corrected chi connectivity index (χ2v) is 11.5. The molecule has 4 aromatic carbocycles. The number of carbonyl (C=O) groups excluding carboxylic acids is 3. The Morgan fingerprint density at radius 2 is 1.30 bits per heavy atom. The fourth-order valence-corrected chi connectivity index (χ4v) is 5.48. The zero-order valence-electron chi connectivity index (χ0n) is 27.4. The van der Waals surface area contributed by atoms with E-state index in [1.165, 1.54) is 48.5 Å². The maximum atomic E-state index is 13.9. The van der Waals surface area contributed by atoms with Gasteiger partial charge in [-0.2, -0.15) is 0 Å². The fourth-order valence-electron chi connectivity index (χ4n) is 5.48. The van der Waals surface area contributed by atoms with Crippen molar-refractivity contribution >= 4 is 47.0 Å². The van der Waals surface area contributed by atoms with Crippen LogP contribution in [0.15, 0.2) is 72.8 Å². The van der Waals surface area contributed by atoms with E-state index in [2.05, 4.69) is 0 Å². The molecule has 4 atom stereocenters. The predicted molar refractivity (Wildman–Crippen MR) is 176 cm³/mol. The number of benzene rings is 4. The molecular formula is C36H30MgO16. The number of fused-ring (bicyclic) bond motifs is 1. The van der Waals surface area contributed by atoms with Crippen molar-refractivity contribution < 1.29 is 79.3 Å². The summed E-state index contributed by atoms with van der Waals surface area (Å²) in [7, 11) is 0. The molecule has 4 aromatic rings. The molecule has 0 saturated heterocycles. The number of carbonyl (C=O) groups is 3. The number of aromatic hydroxyl groups is 7. The molecule has 0 aromatic heterocycles. The Balaban J connectivity index is 0.00000627. The predicted octanol–water partition coefficient (Wildman–Crippen LogP) is 0.826. The third kappa shape index (κ3) is 9.32. The summed E-state index contributed by atoms with van der Waals surface area (Å²) in [6, 6.07) is 13.2. The summed E-state index contributed by atoms with van der Waals surface area (Å²) >= 11 is 0. The first-order valence-corrected chi connectivity index (χ1v) is 15.3. The summed E-state index contributed by atoms with van der Waals surface area (Å²) in [6.07, 6.45) is -3.34. The SMILES string of the molecule is O=C(/C=C/c1ccc(O)c2c1[C@H](C(=O)O[C@H](Cc1ccc(O)c(O)c1)C(=O)[O-])[C@@H](c1ccc(O)c(O)c1)O2)O[C@H](Cc1ccc(O)c(O)c1)OC[O-].[Mg+2]. The molecule has 0 fully saturated rings. The number of esters is 2. The summed E-state index contributed by atoms with van der Waals surface area (Å²) in [6.45, 7) is -1.09. The number of aliphatic carboxylic acids is 1. The van der Waals surface area contributed by atoms with Crippen molar-refractivity contribution in [2.75, 3.05) is 6.79 Å². The normalized spacial score (nSPS) is 15.8. The molecular weight excluding hydrogens is 713 g/mol. The third-order valence-corrected chi connectivity index (χ3v) is 7.97. The van der Waals surface area contributed by atoms with Crippen molar-refractivity contribution in [1.29, 1.82) is 0 Å². The number of ether oxygens (including phenoxy) is 4. The van der Waals surface area contributed by atoms with Crippen LogP contribution in [0.4, 0.5) is 0 Å². The maximum Gasteiger partial charge on any atom is 2.00 e. The van der Waals surface area contributed by atoms with E-state index in [0.29, 0.717) is 5.56 Å². The number of carboxylic acid groups (broad SMARTS) is 1. The summed E-state index contributed by atoms with van der Waals surface area (Å²) < 4.78 is 21.6. The zero-order valence-corrected chi connectivity index (χ0v) is 28.9.